The number of hydrogen-bond donors (Lipinski definition) is 3. The summed E-state index contributed by atoms with van der Waals surface area (Å²) in [7, 11) is 3.24. The van der Waals surface area contributed by atoms with E-state index in [2.05, 4.69) is 36.9 Å². The molecule has 1 saturated heterocycles. The van der Waals surface area contributed by atoms with Crippen LogP contribution in [0.4, 0.5) is 28.6 Å². The van der Waals surface area contributed by atoms with Crippen molar-refractivity contribution >= 4 is 34.5 Å². The first-order chi connectivity index (χ1) is 16.1. The highest BCUT2D eigenvalue weighted by Gasteiger charge is 2.15. The molecule has 3 N–H and O–H groups in total. The number of amides is 1. The van der Waals surface area contributed by atoms with E-state index >= 15 is 0 Å². The molecule has 0 spiro atoms. The second-order valence-corrected chi connectivity index (χ2v) is 7.60. The van der Waals surface area contributed by atoms with Crippen LogP contribution in [-0.4, -0.2) is 56.3 Å². The smallest absolute Gasteiger partial charge is 0.271 e. The third-order valence-corrected chi connectivity index (χ3v) is 5.45. The molecular formula is C24H28N6O3. The van der Waals surface area contributed by atoms with E-state index in [0.717, 1.165) is 54.7 Å². The third-order valence-electron chi connectivity index (χ3n) is 5.45. The molecule has 0 aliphatic carbocycles. The number of aromatic nitrogens is 2. The molecule has 4 rings (SSSR count). The highest BCUT2D eigenvalue weighted by molar-refractivity contribution is 5.98. The molecule has 0 bridgehead atoms. The number of carbonyl (C=O) groups excluding carboxylic acids is 1. The number of nitrogens with zero attached hydrogens (tertiary/aromatic N) is 3. The molecule has 3 heterocycles. The number of anilines is 5. The number of ether oxygens (including phenoxy) is 2. The lowest BCUT2D eigenvalue weighted by molar-refractivity contribution is 0.0959. The maximum absolute atomic E-state index is 12.2. The molecule has 1 fully saturated rings. The lowest BCUT2D eigenvalue weighted by Gasteiger charge is -2.29. The highest BCUT2D eigenvalue weighted by Crippen LogP contribution is 2.33. The summed E-state index contributed by atoms with van der Waals surface area (Å²) in [6.07, 6.45) is 3.37. The van der Waals surface area contributed by atoms with Gasteiger partial charge >= 0.3 is 0 Å². The zero-order chi connectivity index (χ0) is 23.2. The Morgan fingerprint density at radius 2 is 1.88 bits per heavy atom. The zero-order valence-electron chi connectivity index (χ0n) is 19.0. The van der Waals surface area contributed by atoms with Gasteiger partial charge in [-0.1, -0.05) is 0 Å². The Hall–Kier alpha value is -3.85. The van der Waals surface area contributed by atoms with Crippen LogP contribution < -0.4 is 25.6 Å². The minimum absolute atomic E-state index is 0.256. The molecule has 9 heteroatoms. The number of hydrogen-bond acceptors (Lipinski definition) is 8. The van der Waals surface area contributed by atoms with Crippen LogP contribution in [0.1, 0.15) is 16.1 Å². The van der Waals surface area contributed by atoms with Gasteiger partial charge in [0.25, 0.3) is 5.91 Å². The second kappa shape index (κ2) is 10.2. The summed E-state index contributed by atoms with van der Waals surface area (Å²) in [6.45, 7) is 5.12. The molecule has 0 atom stereocenters. The van der Waals surface area contributed by atoms with Crippen LogP contribution in [-0.2, 0) is 4.74 Å². The number of morpholine rings is 1. The van der Waals surface area contributed by atoms with Crippen molar-refractivity contribution in [3.63, 3.8) is 0 Å². The Kier molecular flexibility index (Phi) is 6.89. The van der Waals surface area contributed by atoms with Crippen LogP contribution in [0.2, 0.25) is 0 Å². The normalized spacial score (nSPS) is 13.4. The summed E-state index contributed by atoms with van der Waals surface area (Å²) in [5.41, 5.74) is 4.59. The van der Waals surface area contributed by atoms with E-state index in [0.29, 0.717) is 17.2 Å². The van der Waals surface area contributed by atoms with Crippen LogP contribution >= 0.6 is 0 Å². The van der Waals surface area contributed by atoms with Gasteiger partial charge in [0.2, 0.25) is 0 Å². The van der Waals surface area contributed by atoms with Crippen molar-refractivity contribution in [2.75, 3.05) is 56.0 Å². The van der Waals surface area contributed by atoms with Gasteiger partial charge in [0.15, 0.2) is 5.69 Å². The molecule has 1 aliphatic rings. The summed E-state index contributed by atoms with van der Waals surface area (Å²) in [5, 5.41) is 9.27. The SMILES string of the molecule is CNC(=O)c1ncccc1Nc1cc(Nc2ccc(N3CCOCC3)cc2OC)ncc1C. The molecule has 3 aromatic rings. The average Bonchev–Trinajstić information content (AvgIpc) is 2.86. The van der Waals surface area contributed by atoms with Crippen LogP contribution in [0, 0.1) is 6.92 Å². The van der Waals surface area contributed by atoms with Gasteiger partial charge in [-0.25, -0.2) is 9.97 Å². The quantitative estimate of drug-likeness (QED) is 0.505. The molecular weight excluding hydrogens is 420 g/mol. The number of rotatable bonds is 7. The molecule has 172 valence electrons. The summed E-state index contributed by atoms with van der Waals surface area (Å²) >= 11 is 0. The molecule has 33 heavy (non-hydrogen) atoms. The van der Waals surface area contributed by atoms with Gasteiger partial charge in [0.1, 0.15) is 11.6 Å². The lowest BCUT2D eigenvalue weighted by atomic mass is 10.2. The first-order valence-electron chi connectivity index (χ1n) is 10.8. The lowest BCUT2D eigenvalue weighted by Crippen LogP contribution is -2.36. The summed E-state index contributed by atoms with van der Waals surface area (Å²) in [6, 6.07) is 11.6. The minimum atomic E-state index is -0.256. The largest absolute Gasteiger partial charge is 0.494 e. The minimum Gasteiger partial charge on any atom is -0.494 e. The van der Waals surface area contributed by atoms with Crippen molar-refractivity contribution in [1.82, 2.24) is 15.3 Å². The van der Waals surface area contributed by atoms with Gasteiger partial charge in [-0.3, -0.25) is 4.79 Å². The monoisotopic (exact) mass is 448 g/mol. The topological polar surface area (TPSA) is 101 Å². The number of carbonyl (C=O) groups is 1. The van der Waals surface area contributed by atoms with E-state index < -0.39 is 0 Å². The van der Waals surface area contributed by atoms with Crippen LogP contribution in [0.5, 0.6) is 5.75 Å². The van der Waals surface area contributed by atoms with Crippen molar-refractivity contribution < 1.29 is 14.3 Å². The molecule has 1 amide bonds. The van der Waals surface area contributed by atoms with Crippen LogP contribution in [0.3, 0.4) is 0 Å². The van der Waals surface area contributed by atoms with Crippen molar-refractivity contribution in [3.05, 3.63) is 60.0 Å². The van der Waals surface area contributed by atoms with Gasteiger partial charge in [0, 0.05) is 56.0 Å². The Labute approximate surface area is 193 Å². The van der Waals surface area contributed by atoms with Gasteiger partial charge in [-0.05, 0) is 36.8 Å². The maximum atomic E-state index is 12.2. The van der Waals surface area contributed by atoms with Crippen LogP contribution in [0.25, 0.3) is 0 Å². The molecule has 0 unspecified atom stereocenters. The fourth-order valence-corrected chi connectivity index (χ4v) is 3.62. The Morgan fingerprint density at radius 3 is 2.64 bits per heavy atom. The van der Waals surface area contributed by atoms with E-state index in [9.17, 15) is 4.79 Å². The van der Waals surface area contributed by atoms with E-state index in [4.69, 9.17) is 9.47 Å². The van der Waals surface area contributed by atoms with E-state index in [1.165, 1.54) is 0 Å². The van der Waals surface area contributed by atoms with E-state index in [1.54, 1.807) is 32.6 Å². The fraction of sp³-hybridized carbons (Fsp3) is 0.292. The van der Waals surface area contributed by atoms with Crippen LogP contribution in [0.15, 0.2) is 48.8 Å². The first-order valence-corrected chi connectivity index (χ1v) is 10.8. The predicted molar refractivity (Wildman–Crippen MR) is 129 cm³/mol. The Balaban J connectivity index is 1.57. The molecule has 0 radical (unpaired) electrons. The fourth-order valence-electron chi connectivity index (χ4n) is 3.62. The first kappa shape index (κ1) is 22.3. The summed E-state index contributed by atoms with van der Waals surface area (Å²) in [5.74, 6) is 1.11. The standard InChI is InChI=1S/C24H28N6O3/c1-16-15-27-22(14-20(16)28-19-5-4-8-26-23(19)24(31)25-2)29-18-7-6-17(13-21(18)32-3)30-9-11-33-12-10-30/h4-8,13-15H,9-12H2,1-3H3,(H,25,31)(H2,27,28,29). The van der Waals surface area contributed by atoms with Crippen molar-refractivity contribution in [2.24, 2.45) is 0 Å². The number of methoxy groups -OCH3 is 1. The molecule has 9 nitrogen and oxygen atoms in total. The van der Waals surface area contributed by atoms with Crippen molar-refractivity contribution in [3.8, 4) is 5.75 Å². The number of benzene rings is 1. The van der Waals surface area contributed by atoms with E-state index in [-0.39, 0.29) is 5.91 Å². The second-order valence-electron chi connectivity index (χ2n) is 7.60. The summed E-state index contributed by atoms with van der Waals surface area (Å²) < 4.78 is 11.1. The van der Waals surface area contributed by atoms with Gasteiger partial charge in [-0.2, -0.15) is 0 Å². The van der Waals surface area contributed by atoms with Gasteiger partial charge in [0.05, 0.1) is 31.7 Å². The zero-order valence-corrected chi connectivity index (χ0v) is 19.0. The molecule has 2 aromatic heterocycles. The maximum Gasteiger partial charge on any atom is 0.271 e. The molecule has 1 aromatic carbocycles. The number of nitrogens with one attached hydrogen (secondary N) is 3. The van der Waals surface area contributed by atoms with Crippen molar-refractivity contribution in [2.45, 2.75) is 6.92 Å². The molecule has 0 saturated carbocycles. The predicted octanol–water partition coefficient (Wildman–Crippen LogP) is 3.48. The Morgan fingerprint density at radius 1 is 1.06 bits per heavy atom. The highest BCUT2D eigenvalue weighted by atomic mass is 16.5. The number of aryl methyl sites for hydroxylation is 1. The van der Waals surface area contributed by atoms with Gasteiger partial charge < -0.3 is 30.3 Å². The van der Waals surface area contributed by atoms with Gasteiger partial charge in [-0.15, -0.1) is 0 Å². The average molecular weight is 449 g/mol. The summed E-state index contributed by atoms with van der Waals surface area (Å²) in [4.78, 5) is 23.2. The molecule has 1 aliphatic heterocycles. The Bertz CT molecular complexity index is 1130. The number of pyridine rings is 2. The third kappa shape index (κ3) is 5.15. The van der Waals surface area contributed by atoms with E-state index in [1.807, 2.05) is 31.2 Å². The van der Waals surface area contributed by atoms with Crippen molar-refractivity contribution in [1.29, 1.82) is 0 Å².